The van der Waals surface area contributed by atoms with Crippen LogP contribution in [0.4, 0.5) is 0 Å². The Bertz CT molecular complexity index is 913. The molecule has 1 saturated heterocycles. The third kappa shape index (κ3) is 4.49. The molecule has 1 aliphatic heterocycles. The monoisotopic (exact) mass is 384 g/mol. The van der Waals surface area contributed by atoms with E-state index in [4.69, 9.17) is 0 Å². The Morgan fingerprint density at radius 3 is 2.22 bits per heavy atom. The molecule has 0 saturated carbocycles. The van der Waals surface area contributed by atoms with Crippen LogP contribution in [0.15, 0.2) is 53.4 Å². The number of piperazine rings is 1. The summed E-state index contributed by atoms with van der Waals surface area (Å²) >= 11 is 0. The maximum absolute atomic E-state index is 13.1. The lowest BCUT2D eigenvalue weighted by atomic mass is 10.1. The van der Waals surface area contributed by atoms with Gasteiger partial charge in [0.05, 0.1) is 4.90 Å². The summed E-state index contributed by atoms with van der Waals surface area (Å²) in [5, 5.41) is 0. The van der Waals surface area contributed by atoms with Crippen molar-refractivity contribution in [3.05, 3.63) is 70.8 Å². The predicted molar refractivity (Wildman–Crippen MR) is 111 cm³/mol. The van der Waals surface area contributed by atoms with Gasteiger partial charge in [0, 0.05) is 32.7 Å². The Hall–Kier alpha value is -1.95. The SMILES string of the molecule is Cc1ccc(S(=O)(=O)N2CCN(C/C=C/c3ccccc3)CC2)c(C)c1C. The van der Waals surface area contributed by atoms with Crippen LogP contribution in [0.3, 0.4) is 0 Å². The molecule has 5 heteroatoms. The summed E-state index contributed by atoms with van der Waals surface area (Å²) in [6.07, 6.45) is 4.26. The van der Waals surface area contributed by atoms with E-state index in [0.717, 1.165) is 36.3 Å². The van der Waals surface area contributed by atoms with Crippen LogP contribution in [0.25, 0.3) is 6.08 Å². The molecule has 0 amide bonds. The maximum atomic E-state index is 13.1. The van der Waals surface area contributed by atoms with Crippen LogP contribution in [-0.2, 0) is 10.0 Å². The minimum absolute atomic E-state index is 0.447. The van der Waals surface area contributed by atoms with Gasteiger partial charge in [0.2, 0.25) is 10.0 Å². The highest BCUT2D eigenvalue weighted by Gasteiger charge is 2.29. The van der Waals surface area contributed by atoms with E-state index in [-0.39, 0.29) is 0 Å². The Balaban J connectivity index is 1.61. The summed E-state index contributed by atoms with van der Waals surface area (Å²) in [4.78, 5) is 2.74. The quantitative estimate of drug-likeness (QED) is 0.790. The number of rotatable bonds is 5. The fraction of sp³-hybridized carbons (Fsp3) is 0.364. The Kier molecular flexibility index (Phi) is 6.15. The van der Waals surface area contributed by atoms with Crippen molar-refractivity contribution in [2.24, 2.45) is 0 Å². The van der Waals surface area contributed by atoms with Crippen LogP contribution in [0.1, 0.15) is 22.3 Å². The highest BCUT2D eigenvalue weighted by Crippen LogP contribution is 2.25. The normalized spacial score (nSPS) is 16.9. The highest BCUT2D eigenvalue weighted by molar-refractivity contribution is 7.89. The van der Waals surface area contributed by atoms with Gasteiger partial charge in [0.1, 0.15) is 0 Å². The van der Waals surface area contributed by atoms with Gasteiger partial charge in [-0.25, -0.2) is 8.42 Å². The number of aryl methyl sites for hydroxylation is 1. The van der Waals surface area contributed by atoms with Gasteiger partial charge in [-0.3, -0.25) is 4.90 Å². The molecule has 27 heavy (non-hydrogen) atoms. The smallest absolute Gasteiger partial charge is 0.243 e. The van der Waals surface area contributed by atoms with Gasteiger partial charge in [-0.2, -0.15) is 4.31 Å². The number of sulfonamides is 1. The van der Waals surface area contributed by atoms with E-state index in [1.54, 1.807) is 10.4 Å². The van der Waals surface area contributed by atoms with Gasteiger partial charge in [-0.15, -0.1) is 0 Å². The minimum Gasteiger partial charge on any atom is -0.297 e. The molecule has 1 fully saturated rings. The van der Waals surface area contributed by atoms with E-state index < -0.39 is 10.0 Å². The second kappa shape index (κ2) is 8.38. The predicted octanol–water partition coefficient (Wildman–Crippen LogP) is 3.63. The largest absolute Gasteiger partial charge is 0.297 e. The zero-order chi connectivity index (χ0) is 19.4. The number of hydrogen-bond acceptors (Lipinski definition) is 3. The van der Waals surface area contributed by atoms with Crippen LogP contribution in [0, 0.1) is 20.8 Å². The van der Waals surface area contributed by atoms with Crippen LogP contribution in [-0.4, -0.2) is 50.3 Å². The number of hydrogen-bond donors (Lipinski definition) is 0. The topological polar surface area (TPSA) is 40.6 Å². The van der Waals surface area contributed by atoms with Crippen molar-refractivity contribution in [1.29, 1.82) is 0 Å². The standard InChI is InChI=1S/C22H28N2O2S/c1-18-11-12-22(20(3)19(18)2)27(25,26)24-16-14-23(15-17-24)13-7-10-21-8-5-4-6-9-21/h4-12H,13-17H2,1-3H3/b10-7+. The van der Waals surface area contributed by atoms with Crippen molar-refractivity contribution >= 4 is 16.1 Å². The first-order valence-electron chi connectivity index (χ1n) is 9.40. The average molecular weight is 385 g/mol. The van der Waals surface area contributed by atoms with Gasteiger partial charge < -0.3 is 0 Å². The molecular weight excluding hydrogens is 356 g/mol. The van der Waals surface area contributed by atoms with Crippen molar-refractivity contribution in [2.75, 3.05) is 32.7 Å². The maximum Gasteiger partial charge on any atom is 0.243 e. The molecule has 0 bridgehead atoms. The van der Waals surface area contributed by atoms with Crippen molar-refractivity contribution in [2.45, 2.75) is 25.7 Å². The molecular formula is C22H28N2O2S. The molecule has 0 N–H and O–H groups in total. The lowest BCUT2D eigenvalue weighted by Gasteiger charge is -2.33. The summed E-state index contributed by atoms with van der Waals surface area (Å²) in [6, 6.07) is 13.9. The third-order valence-electron chi connectivity index (χ3n) is 5.43. The van der Waals surface area contributed by atoms with Crippen LogP contribution in [0.2, 0.25) is 0 Å². The molecule has 0 unspecified atom stereocenters. The number of benzene rings is 2. The lowest BCUT2D eigenvalue weighted by molar-refractivity contribution is 0.204. The molecule has 2 aromatic rings. The molecule has 2 aromatic carbocycles. The zero-order valence-electron chi connectivity index (χ0n) is 16.4. The molecule has 0 radical (unpaired) electrons. The lowest BCUT2D eigenvalue weighted by Crippen LogP contribution is -2.48. The number of nitrogens with zero attached hydrogens (tertiary/aromatic N) is 2. The van der Waals surface area contributed by atoms with Gasteiger partial charge in [-0.05, 0) is 49.1 Å². The Labute approximate surface area is 163 Å². The molecule has 0 aliphatic carbocycles. The summed E-state index contributed by atoms with van der Waals surface area (Å²) in [5.74, 6) is 0. The van der Waals surface area contributed by atoms with Crippen molar-refractivity contribution in [3.8, 4) is 0 Å². The fourth-order valence-electron chi connectivity index (χ4n) is 3.40. The Morgan fingerprint density at radius 2 is 1.56 bits per heavy atom. The van der Waals surface area contributed by atoms with Crippen molar-refractivity contribution in [1.82, 2.24) is 9.21 Å². The molecule has 0 atom stereocenters. The van der Waals surface area contributed by atoms with Gasteiger partial charge in [-0.1, -0.05) is 48.6 Å². The highest BCUT2D eigenvalue weighted by atomic mass is 32.2. The molecule has 4 nitrogen and oxygen atoms in total. The molecule has 144 valence electrons. The zero-order valence-corrected chi connectivity index (χ0v) is 17.2. The van der Waals surface area contributed by atoms with Crippen LogP contribution in [0.5, 0.6) is 0 Å². The summed E-state index contributed by atoms with van der Waals surface area (Å²) in [5.41, 5.74) is 4.23. The van der Waals surface area contributed by atoms with E-state index in [0.29, 0.717) is 18.0 Å². The first kappa shape index (κ1) is 19.8. The second-order valence-electron chi connectivity index (χ2n) is 7.15. The van der Waals surface area contributed by atoms with E-state index >= 15 is 0 Å². The van der Waals surface area contributed by atoms with E-state index in [1.165, 1.54) is 5.56 Å². The fourth-order valence-corrected chi connectivity index (χ4v) is 5.11. The molecule has 0 spiro atoms. The Morgan fingerprint density at radius 1 is 0.889 bits per heavy atom. The van der Waals surface area contributed by atoms with E-state index in [9.17, 15) is 8.42 Å². The van der Waals surface area contributed by atoms with Gasteiger partial charge in [0.15, 0.2) is 0 Å². The van der Waals surface area contributed by atoms with Crippen molar-refractivity contribution in [3.63, 3.8) is 0 Å². The summed E-state index contributed by atoms with van der Waals surface area (Å²) in [6.45, 7) is 9.32. The molecule has 0 aromatic heterocycles. The van der Waals surface area contributed by atoms with E-state index in [1.807, 2.05) is 45.0 Å². The first-order chi connectivity index (χ1) is 12.9. The van der Waals surface area contributed by atoms with Crippen LogP contribution >= 0.6 is 0 Å². The first-order valence-corrected chi connectivity index (χ1v) is 10.8. The van der Waals surface area contributed by atoms with Gasteiger partial charge >= 0.3 is 0 Å². The minimum atomic E-state index is -3.43. The second-order valence-corrected chi connectivity index (χ2v) is 9.05. The summed E-state index contributed by atoms with van der Waals surface area (Å²) in [7, 11) is -3.43. The molecule has 3 rings (SSSR count). The van der Waals surface area contributed by atoms with Gasteiger partial charge in [0.25, 0.3) is 0 Å². The van der Waals surface area contributed by atoms with Crippen LogP contribution < -0.4 is 0 Å². The summed E-state index contributed by atoms with van der Waals surface area (Å²) < 4.78 is 27.8. The average Bonchev–Trinajstić information content (AvgIpc) is 2.67. The van der Waals surface area contributed by atoms with Crippen molar-refractivity contribution < 1.29 is 8.42 Å². The molecule has 1 aliphatic rings. The van der Waals surface area contributed by atoms with E-state index in [2.05, 4.69) is 29.2 Å². The third-order valence-corrected chi connectivity index (χ3v) is 7.47. The molecule has 1 heterocycles.